The van der Waals surface area contributed by atoms with E-state index in [4.69, 9.17) is 0 Å². The molecule has 0 aromatic rings. The van der Waals surface area contributed by atoms with Crippen LogP contribution in [-0.4, -0.2) is 25.3 Å². The first-order valence-corrected chi connectivity index (χ1v) is 3.01. The fourth-order valence-corrected chi connectivity index (χ4v) is 0.850. The molecule has 2 rings (SSSR count). The maximum Gasteiger partial charge on any atom is 0.145 e. The minimum Gasteiger partial charge on any atom is -0.377 e. The van der Waals surface area contributed by atoms with Gasteiger partial charge in [-0.25, -0.2) is 0 Å². The van der Waals surface area contributed by atoms with Gasteiger partial charge in [0.25, 0.3) is 0 Å². The summed E-state index contributed by atoms with van der Waals surface area (Å²) in [6, 6.07) is 0.0116. The molecule has 0 spiro atoms. The fraction of sp³-hybridized carbons (Fsp3) is 1.00. The zero-order valence-electron chi connectivity index (χ0n) is 5.17. The van der Waals surface area contributed by atoms with Crippen molar-refractivity contribution in [2.24, 2.45) is 20.8 Å². The van der Waals surface area contributed by atoms with Gasteiger partial charge < -0.3 is 9.68 Å². The molecule has 2 unspecified atom stereocenters. The predicted molar refractivity (Wildman–Crippen MR) is 29.2 cm³/mol. The second kappa shape index (κ2) is 2.20. The van der Waals surface area contributed by atoms with Crippen LogP contribution in [-0.2, 0) is 9.68 Å². The van der Waals surface area contributed by atoms with Crippen LogP contribution in [0.25, 0.3) is 0 Å². The zero-order chi connectivity index (χ0) is 6.81. The Balaban J connectivity index is 1.98. The number of rotatable bonds is 1. The quantitative estimate of drug-likeness (QED) is 0.535. The van der Waals surface area contributed by atoms with Crippen molar-refractivity contribution in [3.63, 3.8) is 0 Å². The summed E-state index contributed by atoms with van der Waals surface area (Å²) in [7, 11) is 0. The van der Waals surface area contributed by atoms with Crippen LogP contribution in [0.4, 0.5) is 0 Å². The molecule has 0 saturated heterocycles. The second-order valence-corrected chi connectivity index (χ2v) is 2.12. The summed E-state index contributed by atoms with van der Waals surface area (Å²) in [4.78, 5) is 9.34. The maximum absolute atomic E-state index is 4.67. The van der Waals surface area contributed by atoms with Gasteiger partial charge in [-0.15, -0.1) is 10.2 Å². The van der Waals surface area contributed by atoms with E-state index in [-0.39, 0.29) is 12.1 Å². The van der Waals surface area contributed by atoms with Gasteiger partial charge in [-0.05, 0) is 0 Å². The van der Waals surface area contributed by atoms with Gasteiger partial charge in [-0.1, -0.05) is 0 Å². The zero-order valence-corrected chi connectivity index (χ0v) is 5.17. The van der Waals surface area contributed by atoms with Gasteiger partial charge >= 0.3 is 0 Å². The third-order valence-electron chi connectivity index (χ3n) is 1.44. The summed E-state index contributed by atoms with van der Waals surface area (Å²) in [6.45, 7) is 0.986. The van der Waals surface area contributed by atoms with Gasteiger partial charge in [0.1, 0.15) is 25.3 Å². The highest BCUT2D eigenvalue weighted by Crippen LogP contribution is 2.15. The predicted octanol–water partition coefficient (Wildman–Crippen LogP) is 0.518. The SMILES string of the molecule is C1ON=NC1C1CON=N1. The normalized spacial score (nSPS) is 36.0. The van der Waals surface area contributed by atoms with E-state index < -0.39 is 0 Å². The first kappa shape index (κ1) is 5.57. The molecule has 2 aliphatic rings. The lowest BCUT2D eigenvalue weighted by Gasteiger charge is -2.03. The first-order chi connectivity index (χ1) is 4.97. The van der Waals surface area contributed by atoms with Crippen molar-refractivity contribution in [2.75, 3.05) is 13.2 Å². The van der Waals surface area contributed by atoms with Crippen LogP contribution in [0, 0.1) is 0 Å². The minimum atomic E-state index is 0.00579. The van der Waals surface area contributed by atoms with Crippen molar-refractivity contribution in [3.05, 3.63) is 0 Å². The summed E-state index contributed by atoms with van der Waals surface area (Å²) in [5.74, 6) is 0. The molecule has 0 aromatic carbocycles. The summed E-state index contributed by atoms with van der Waals surface area (Å²) < 4.78 is 0. The van der Waals surface area contributed by atoms with Crippen molar-refractivity contribution in [3.8, 4) is 0 Å². The monoisotopic (exact) mass is 142 g/mol. The molecule has 0 aliphatic carbocycles. The largest absolute Gasteiger partial charge is 0.377 e. The van der Waals surface area contributed by atoms with Crippen molar-refractivity contribution in [1.29, 1.82) is 0 Å². The number of hydrogen-bond acceptors (Lipinski definition) is 6. The van der Waals surface area contributed by atoms with E-state index in [1.165, 1.54) is 0 Å². The van der Waals surface area contributed by atoms with Gasteiger partial charge in [0.2, 0.25) is 0 Å². The molecule has 6 heteroatoms. The van der Waals surface area contributed by atoms with Crippen LogP contribution in [0.5, 0.6) is 0 Å². The molecular weight excluding hydrogens is 136 g/mol. The van der Waals surface area contributed by atoms with E-state index in [0.29, 0.717) is 13.2 Å². The lowest BCUT2D eigenvalue weighted by Crippen LogP contribution is -2.25. The molecule has 0 saturated carbocycles. The Morgan fingerprint density at radius 2 is 1.40 bits per heavy atom. The summed E-state index contributed by atoms with van der Waals surface area (Å²) in [6.07, 6.45) is 0. The van der Waals surface area contributed by atoms with E-state index in [0.717, 1.165) is 0 Å². The maximum atomic E-state index is 4.67. The summed E-state index contributed by atoms with van der Waals surface area (Å²) in [5.41, 5.74) is 0. The molecule has 0 bridgehead atoms. The highest BCUT2D eigenvalue weighted by molar-refractivity contribution is 4.82. The molecule has 2 atom stereocenters. The Bertz CT molecular complexity index is 160. The van der Waals surface area contributed by atoms with E-state index >= 15 is 0 Å². The molecule has 0 aromatic heterocycles. The third-order valence-corrected chi connectivity index (χ3v) is 1.44. The molecule has 6 nitrogen and oxygen atoms in total. The van der Waals surface area contributed by atoms with Crippen LogP contribution >= 0.6 is 0 Å². The Kier molecular flexibility index (Phi) is 1.23. The van der Waals surface area contributed by atoms with Crippen molar-refractivity contribution in [2.45, 2.75) is 12.1 Å². The molecule has 0 N–H and O–H groups in total. The van der Waals surface area contributed by atoms with Crippen molar-refractivity contribution >= 4 is 0 Å². The molecule has 54 valence electrons. The van der Waals surface area contributed by atoms with Crippen molar-refractivity contribution < 1.29 is 9.68 Å². The van der Waals surface area contributed by atoms with Gasteiger partial charge in [-0.3, -0.25) is 0 Å². The number of nitrogens with zero attached hydrogens (tertiary/aromatic N) is 4. The Morgan fingerprint density at radius 3 is 1.70 bits per heavy atom. The van der Waals surface area contributed by atoms with Gasteiger partial charge in [-0.2, -0.15) is 0 Å². The van der Waals surface area contributed by atoms with E-state index in [1.807, 2.05) is 0 Å². The number of hydrogen-bond donors (Lipinski definition) is 0. The van der Waals surface area contributed by atoms with Gasteiger partial charge in [0.05, 0.1) is 0 Å². The van der Waals surface area contributed by atoms with E-state index in [2.05, 4.69) is 30.5 Å². The molecule has 0 amide bonds. The average molecular weight is 142 g/mol. The van der Waals surface area contributed by atoms with Crippen LogP contribution in [0.1, 0.15) is 0 Å². The third kappa shape index (κ3) is 0.810. The van der Waals surface area contributed by atoms with Crippen molar-refractivity contribution in [1.82, 2.24) is 0 Å². The average Bonchev–Trinajstić information content (AvgIpc) is 2.59. The molecule has 2 heterocycles. The fourth-order valence-electron chi connectivity index (χ4n) is 0.850. The second-order valence-electron chi connectivity index (χ2n) is 2.12. The van der Waals surface area contributed by atoms with Gasteiger partial charge in [0.15, 0.2) is 0 Å². The van der Waals surface area contributed by atoms with E-state index in [9.17, 15) is 0 Å². The molecular formula is C4H6N4O2. The summed E-state index contributed by atoms with van der Waals surface area (Å²) >= 11 is 0. The van der Waals surface area contributed by atoms with E-state index in [1.54, 1.807) is 0 Å². The Morgan fingerprint density at radius 1 is 0.900 bits per heavy atom. The summed E-state index contributed by atoms with van der Waals surface area (Å²) in [5, 5.41) is 14.3. The van der Waals surface area contributed by atoms with Gasteiger partial charge in [0, 0.05) is 10.6 Å². The van der Waals surface area contributed by atoms with Crippen LogP contribution < -0.4 is 0 Å². The highest BCUT2D eigenvalue weighted by atomic mass is 16.7. The van der Waals surface area contributed by atoms with Crippen LogP contribution in [0.15, 0.2) is 20.8 Å². The standard InChI is InChI=1S/C4H6N4O2/c1-3(5-7-9-1)4-2-10-8-6-4/h3-4H,1-2H2. The van der Waals surface area contributed by atoms with Crippen LogP contribution in [0.3, 0.4) is 0 Å². The lowest BCUT2D eigenvalue weighted by molar-refractivity contribution is 0.143. The molecule has 0 fully saturated rings. The smallest absolute Gasteiger partial charge is 0.145 e. The Hall–Kier alpha value is -1.20. The Labute approximate surface area is 56.9 Å². The van der Waals surface area contributed by atoms with Crippen LogP contribution in [0.2, 0.25) is 0 Å². The molecule has 10 heavy (non-hydrogen) atoms. The highest BCUT2D eigenvalue weighted by Gasteiger charge is 2.29. The lowest BCUT2D eigenvalue weighted by atomic mass is 10.2. The first-order valence-electron chi connectivity index (χ1n) is 3.01. The molecule has 0 radical (unpaired) electrons. The topological polar surface area (TPSA) is 67.9 Å². The minimum absolute atomic E-state index is 0.00579. The molecule has 2 aliphatic heterocycles.